The van der Waals surface area contributed by atoms with E-state index >= 15 is 0 Å². The van der Waals surface area contributed by atoms with Gasteiger partial charge in [0, 0.05) is 11.3 Å². The zero-order valence-electron chi connectivity index (χ0n) is 12.2. The van der Waals surface area contributed by atoms with Crippen molar-refractivity contribution >= 4 is 11.3 Å². The van der Waals surface area contributed by atoms with Crippen molar-refractivity contribution in [1.29, 1.82) is 0 Å². The summed E-state index contributed by atoms with van der Waals surface area (Å²) in [5.74, 6) is 1.79. The molecule has 0 radical (unpaired) electrons. The summed E-state index contributed by atoms with van der Waals surface area (Å²) in [6.45, 7) is 0.553. The average Bonchev–Trinajstić information content (AvgIpc) is 3.30. The van der Waals surface area contributed by atoms with Crippen molar-refractivity contribution in [2.24, 2.45) is 0 Å². The molecule has 1 aliphatic carbocycles. The van der Waals surface area contributed by atoms with Crippen LogP contribution in [0.3, 0.4) is 0 Å². The summed E-state index contributed by atoms with van der Waals surface area (Å²) >= 11 is 1.76. The maximum absolute atomic E-state index is 5.27. The van der Waals surface area contributed by atoms with Gasteiger partial charge in [-0.15, -0.1) is 21.5 Å². The summed E-state index contributed by atoms with van der Waals surface area (Å²) in [6.07, 6.45) is 8.18. The van der Waals surface area contributed by atoms with Crippen LogP contribution in [0.25, 0.3) is 11.6 Å². The fourth-order valence-corrected chi connectivity index (χ4v) is 3.87. The quantitative estimate of drug-likeness (QED) is 0.737. The van der Waals surface area contributed by atoms with Gasteiger partial charge in [0.2, 0.25) is 5.82 Å². The predicted molar refractivity (Wildman–Crippen MR) is 82.6 cm³/mol. The summed E-state index contributed by atoms with van der Waals surface area (Å²) in [5, 5.41) is 15.8. The fraction of sp³-hybridized carbons (Fsp3) is 0.467. The average molecular weight is 315 g/mol. The van der Waals surface area contributed by atoms with Crippen molar-refractivity contribution in [1.82, 2.24) is 25.2 Å². The van der Waals surface area contributed by atoms with Gasteiger partial charge in [-0.25, -0.2) is 4.98 Å². The molecule has 0 N–H and O–H groups in total. The standard InChI is InChI=1S/C15H17N5OS/c1-2-5-11(6-3-1)15-16-12(10-22-15)9-20-18-14(17-19-20)13-7-4-8-21-13/h4,7-8,10-11H,1-3,5-6,9H2. The third kappa shape index (κ3) is 2.81. The number of furan rings is 1. The van der Waals surface area contributed by atoms with E-state index in [0.29, 0.717) is 24.0 Å². The molecule has 0 bridgehead atoms. The van der Waals surface area contributed by atoms with E-state index in [1.807, 2.05) is 12.1 Å². The number of nitrogens with zero attached hydrogens (tertiary/aromatic N) is 5. The summed E-state index contributed by atoms with van der Waals surface area (Å²) in [7, 11) is 0. The van der Waals surface area contributed by atoms with Crippen LogP contribution >= 0.6 is 11.3 Å². The van der Waals surface area contributed by atoms with E-state index < -0.39 is 0 Å². The highest BCUT2D eigenvalue weighted by molar-refractivity contribution is 7.09. The van der Waals surface area contributed by atoms with Gasteiger partial charge in [-0.3, -0.25) is 0 Å². The molecule has 3 heterocycles. The van der Waals surface area contributed by atoms with Crippen LogP contribution in [0.15, 0.2) is 28.2 Å². The van der Waals surface area contributed by atoms with Crippen LogP contribution in [-0.4, -0.2) is 25.2 Å². The second-order valence-corrected chi connectivity index (χ2v) is 6.52. The van der Waals surface area contributed by atoms with Gasteiger partial charge in [0.25, 0.3) is 0 Å². The molecular formula is C15H17N5OS. The normalized spacial score (nSPS) is 16.2. The first-order chi connectivity index (χ1) is 10.9. The zero-order valence-corrected chi connectivity index (χ0v) is 13.0. The van der Waals surface area contributed by atoms with Crippen molar-refractivity contribution in [3.8, 4) is 11.6 Å². The molecule has 0 amide bonds. The highest BCUT2D eigenvalue weighted by Gasteiger charge is 2.19. The van der Waals surface area contributed by atoms with Crippen molar-refractivity contribution in [3.05, 3.63) is 34.5 Å². The van der Waals surface area contributed by atoms with Gasteiger partial charge in [0.05, 0.1) is 17.0 Å². The van der Waals surface area contributed by atoms with Crippen LogP contribution in [0.5, 0.6) is 0 Å². The van der Waals surface area contributed by atoms with Gasteiger partial charge in [-0.2, -0.15) is 4.80 Å². The Balaban J connectivity index is 1.46. The first kappa shape index (κ1) is 13.6. The number of hydrogen-bond donors (Lipinski definition) is 0. The summed E-state index contributed by atoms with van der Waals surface area (Å²) < 4.78 is 5.27. The highest BCUT2D eigenvalue weighted by Crippen LogP contribution is 2.34. The Kier molecular flexibility index (Phi) is 3.72. The Bertz CT molecular complexity index is 727. The first-order valence-electron chi connectivity index (χ1n) is 7.64. The summed E-state index contributed by atoms with van der Waals surface area (Å²) in [6, 6.07) is 3.64. The molecule has 7 heteroatoms. The molecule has 0 saturated heterocycles. The minimum Gasteiger partial charge on any atom is -0.461 e. The van der Waals surface area contributed by atoms with E-state index in [0.717, 1.165) is 5.69 Å². The first-order valence-corrected chi connectivity index (χ1v) is 8.52. The molecule has 0 spiro atoms. The minimum absolute atomic E-state index is 0.507. The Morgan fingerprint density at radius 3 is 3.00 bits per heavy atom. The highest BCUT2D eigenvalue weighted by atomic mass is 32.1. The number of aromatic nitrogens is 5. The van der Waals surface area contributed by atoms with Gasteiger partial charge >= 0.3 is 0 Å². The lowest BCUT2D eigenvalue weighted by atomic mass is 9.90. The van der Waals surface area contributed by atoms with Gasteiger partial charge in [0.1, 0.15) is 6.54 Å². The van der Waals surface area contributed by atoms with Crippen molar-refractivity contribution in [2.75, 3.05) is 0 Å². The Morgan fingerprint density at radius 2 is 2.18 bits per heavy atom. The Morgan fingerprint density at radius 1 is 1.27 bits per heavy atom. The molecule has 0 aliphatic heterocycles. The van der Waals surface area contributed by atoms with Crippen LogP contribution in [0, 0.1) is 0 Å². The van der Waals surface area contributed by atoms with E-state index in [1.165, 1.54) is 37.1 Å². The van der Waals surface area contributed by atoms with Gasteiger partial charge < -0.3 is 4.42 Å². The third-order valence-corrected chi connectivity index (χ3v) is 5.08. The molecule has 22 heavy (non-hydrogen) atoms. The monoisotopic (exact) mass is 315 g/mol. The third-order valence-electron chi connectivity index (χ3n) is 4.02. The molecule has 3 aromatic heterocycles. The van der Waals surface area contributed by atoms with Crippen molar-refractivity contribution in [3.63, 3.8) is 0 Å². The lowest BCUT2D eigenvalue weighted by Gasteiger charge is -2.18. The molecule has 1 aliphatic rings. The molecule has 4 rings (SSSR count). The number of thiazole rings is 1. The lowest BCUT2D eigenvalue weighted by Crippen LogP contribution is -2.06. The number of hydrogen-bond acceptors (Lipinski definition) is 6. The number of tetrazole rings is 1. The zero-order chi connectivity index (χ0) is 14.8. The Hall–Kier alpha value is -2.02. The van der Waals surface area contributed by atoms with Crippen molar-refractivity contribution < 1.29 is 4.42 Å². The van der Waals surface area contributed by atoms with E-state index in [-0.39, 0.29) is 0 Å². The molecule has 114 valence electrons. The van der Waals surface area contributed by atoms with Crippen LogP contribution in [0.1, 0.15) is 48.7 Å². The summed E-state index contributed by atoms with van der Waals surface area (Å²) in [4.78, 5) is 6.33. The van der Waals surface area contributed by atoms with E-state index in [1.54, 1.807) is 22.4 Å². The second kappa shape index (κ2) is 6.00. The maximum atomic E-state index is 5.27. The van der Waals surface area contributed by atoms with Crippen LogP contribution in [-0.2, 0) is 6.54 Å². The van der Waals surface area contributed by atoms with E-state index in [2.05, 4.69) is 20.8 Å². The molecule has 3 aromatic rings. The van der Waals surface area contributed by atoms with E-state index in [9.17, 15) is 0 Å². The second-order valence-electron chi connectivity index (χ2n) is 5.63. The molecule has 1 saturated carbocycles. The molecular weight excluding hydrogens is 298 g/mol. The smallest absolute Gasteiger partial charge is 0.240 e. The van der Waals surface area contributed by atoms with Gasteiger partial charge in [0.15, 0.2) is 5.76 Å². The molecule has 1 fully saturated rings. The van der Waals surface area contributed by atoms with Crippen LogP contribution in [0.4, 0.5) is 0 Å². The molecule has 0 unspecified atom stereocenters. The SMILES string of the molecule is c1coc(-c2nnn(Cc3csc(C4CCCCC4)n3)n2)c1. The molecule has 0 atom stereocenters. The largest absolute Gasteiger partial charge is 0.461 e. The lowest BCUT2D eigenvalue weighted by molar-refractivity contribution is 0.441. The van der Waals surface area contributed by atoms with Crippen LogP contribution < -0.4 is 0 Å². The fourth-order valence-electron chi connectivity index (χ4n) is 2.89. The molecule has 0 aromatic carbocycles. The number of rotatable bonds is 4. The summed E-state index contributed by atoms with van der Waals surface area (Å²) in [5.41, 5.74) is 1.01. The topological polar surface area (TPSA) is 69.6 Å². The Labute approximate surface area is 132 Å². The van der Waals surface area contributed by atoms with Gasteiger partial charge in [-0.05, 0) is 30.2 Å². The van der Waals surface area contributed by atoms with E-state index in [4.69, 9.17) is 9.40 Å². The van der Waals surface area contributed by atoms with Crippen LogP contribution in [0.2, 0.25) is 0 Å². The predicted octanol–water partition coefficient (Wildman–Crippen LogP) is 3.49. The maximum Gasteiger partial charge on any atom is 0.240 e. The van der Waals surface area contributed by atoms with Gasteiger partial charge in [-0.1, -0.05) is 19.3 Å². The minimum atomic E-state index is 0.507. The van der Waals surface area contributed by atoms with Crippen molar-refractivity contribution in [2.45, 2.75) is 44.6 Å². The molecule has 6 nitrogen and oxygen atoms in total.